The van der Waals surface area contributed by atoms with Gasteiger partial charge >= 0.3 is 5.97 Å². The minimum atomic E-state index is -1.16. The Kier molecular flexibility index (Phi) is 4.30. The van der Waals surface area contributed by atoms with Gasteiger partial charge in [0, 0.05) is 6.07 Å². The maximum atomic E-state index is 10.8. The highest BCUT2D eigenvalue weighted by Crippen LogP contribution is 2.24. The first kappa shape index (κ1) is 13.3. The van der Waals surface area contributed by atoms with Gasteiger partial charge in [-0.1, -0.05) is 0 Å². The third kappa shape index (κ3) is 4.29. The van der Waals surface area contributed by atoms with Crippen LogP contribution in [0, 0.1) is 0 Å². The van der Waals surface area contributed by atoms with E-state index in [1.807, 2.05) is 0 Å². The number of benzene rings is 1. The molecular formula is C11H14O6. The lowest BCUT2D eigenvalue weighted by atomic mass is 10.2. The third-order valence-electron chi connectivity index (χ3n) is 1.74. The number of ether oxygens (including phenoxy) is 2. The second kappa shape index (κ2) is 5.51. The van der Waals surface area contributed by atoms with Crippen LogP contribution >= 0.6 is 0 Å². The number of hydrogen-bond acceptors (Lipinski definition) is 5. The van der Waals surface area contributed by atoms with E-state index in [-0.39, 0.29) is 17.1 Å². The van der Waals surface area contributed by atoms with Crippen molar-refractivity contribution in [2.24, 2.45) is 0 Å². The summed E-state index contributed by atoms with van der Waals surface area (Å²) in [6.45, 7) is 2.78. The van der Waals surface area contributed by atoms with Crippen molar-refractivity contribution in [1.29, 1.82) is 0 Å². The molecule has 2 atom stereocenters. The van der Waals surface area contributed by atoms with Gasteiger partial charge in [-0.3, -0.25) is 0 Å². The normalized spacial score (nSPS) is 13.9. The Labute approximate surface area is 98.0 Å². The van der Waals surface area contributed by atoms with Crippen LogP contribution in [-0.4, -0.2) is 33.9 Å². The number of aromatic carboxylic acids is 1. The standard InChI is InChI=1S/C11H14O6/c1-6(12)16-9-3-8(11(14)15)4-10(5-9)17-7(2)13/h3-7,12-13H,1-2H3,(H,14,15). The second-order valence-electron chi connectivity index (χ2n) is 3.43. The highest BCUT2D eigenvalue weighted by Gasteiger charge is 2.11. The molecule has 94 valence electrons. The van der Waals surface area contributed by atoms with Gasteiger partial charge in [0.15, 0.2) is 12.6 Å². The summed E-state index contributed by atoms with van der Waals surface area (Å²) in [4.78, 5) is 10.8. The highest BCUT2D eigenvalue weighted by atomic mass is 16.6. The molecular weight excluding hydrogens is 228 g/mol. The molecule has 0 fully saturated rings. The van der Waals surface area contributed by atoms with Crippen LogP contribution in [0.25, 0.3) is 0 Å². The van der Waals surface area contributed by atoms with E-state index in [1.54, 1.807) is 0 Å². The summed E-state index contributed by atoms with van der Waals surface area (Å²) in [6.07, 6.45) is -2.14. The first-order chi connectivity index (χ1) is 7.88. The maximum Gasteiger partial charge on any atom is 0.335 e. The van der Waals surface area contributed by atoms with Crippen LogP contribution in [0.4, 0.5) is 0 Å². The summed E-state index contributed by atoms with van der Waals surface area (Å²) in [6, 6.07) is 3.89. The van der Waals surface area contributed by atoms with E-state index in [2.05, 4.69) is 0 Å². The highest BCUT2D eigenvalue weighted by molar-refractivity contribution is 5.88. The number of aliphatic hydroxyl groups excluding tert-OH is 2. The zero-order valence-corrected chi connectivity index (χ0v) is 9.45. The molecule has 0 bridgehead atoms. The molecule has 0 spiro atoms. The molecule has 1 rings (SSSR count). The lowest BCUT2D eigenvalue weighted by Gasteiger charge is -2.13. The van der Waals surface area contributed by atoms with Crippen LogP contribution in [0.5, 0.6) is 11.5 Å². The van der Waals surface area contributed by atoms with E-state index in [0.29, 0.717) is 0 Å². The SMILES string of the molecule is CC(O)Oc1cc(OC(C)O)cc(C(=O)O)c1. The molecule has 0 aliphatic carbocycles. The number of aliphatic hydroxyl groups is 2. The Hall–Kier alpha value is -1.79. The van der Waals surface area contributed by atoms with Crippen LogP contribution in [0.2, 0.25) is 0 Å². The molecule has 0 saturated heterocycles. The van der Waals surface area contributed by atoms with Gasteiger partial charge in [-0.15, -0.1) is 0 Å². The predicted octanol–water partition coefficient (Wildman–Crippen LogP) is 0.819. The molecule has 0 saturated carbocycles. The number of hydrogen-bond donors (Lipinski definition) is 3. The molecule has 0 heterocycles. The average Bonchev–Trinajstić information content (AvgIpc) is 2.14. The van der Waals surface area contributed by atoms with E-state index in [0.717, 1.165) is 0 Å². The fourth-order valence-corrected chi connectivity index (χ4v) is 1.23. The van der Waals surface area contributed by atoms with Crippen molar-refractivity contribution in [3.05, 3.63) is 23.8 Å². The minimum absolute atomic E-state index is 0.0567. The van der Waals surface area contributed by atoms with Crippen molar-refractivity contribution in [3.8, 4) is 11.5 Å². The van der Waals surface area contributed by atoms with Gasteiger partial charge in [0.1, 0.15) is 11.5 Å². The number of carboxylic acid groups (broad SMARTS) is 1. The van der Waals surface area contributed by atoms with Crippen molar-refractivity contribution in [2.45, 2.75) is 26.4 Å². The first-order valence-electron chi connectivity index (χ1n) is 4.96. The van der Waals surface area contributed by atoms with Crippen LogP contribution in [0.1, 0.15) is 24.2 Å². The van der Waals surface area contributed by atoms with Crippen LogP contribution in [-0.2, 0) is 0 Å². The molecule has 0 radical (unpaired) electrons. The predicted molar refractivity (Wildman–Crippen MR) is 58.0 cm³/mol. The average molecular weight is 242 g/mol. The van der Waals surface area contributed by atoms with E-state index < -0.39 is 18.5 Å². The van der Waals surface area contributed by atoms with Crippen molar-refractivity contribution in [2.75, 3.05) is 0 Å². The Morgan fingerprint density at radius 3 is 1.76 bits per heavy atom. The Morgan fingerprint density at radius 2 is 1.47 bits per heavy atom. The van der Waals surface area contributed by atoms with Gasteiger partial charge in [0.2, 0.25) is 0 Å². The number of carbonyl (C=O) groups is 1. The fourth-order valence-electron chi connectivity index (χ4n) is 1.23. The molecule has 3 N–H and O–H groups in total. The first-order valence-corrected chi connectivity index (χ1v) is 4.96. The van der Waals surface area contributed by atoms with E-state index in [4.69, 9.17) is 24.8 Å². The largest absolute Gasteiger partial charge is 0.478 e. The van der Waals surface area contributed by atoms with Crippen molar-refractivity contribution in [3.63, 3.8) is 0 Å². The van der Waals surface area contributed by atoms with Crippen LogP contribution < -0.4 is 9.47 Å². The maximum absolute atomic E-state index is 10.8. The smallest absolute Gasteiger partial charge is 0.335 e. The lowest BCUT2D eigenvalue weighted by molar-refractivity contribution is -0.00555. The summed E-state index contributed by atoms with van der Waals surface area (Å²) in [5.41, 5.74) is -0.0567. The van der Waals surface area contributed by atoms with E-state index in [9.17, 15) is 4.79 Å². The van der Waals surface area contributed by atoms with Gasteiger partial charge in [0.25, 0.3) is 0 Å². The Morgan fingerprint density at radius 1 is 1.06 bits per heavy atom. The topological polar surface area (TPSA) is 96.2 Å². The van der Waals surface area contributed by atoms with Crippen LogP contribution in [0.3, 0.4) is 0 Å². The van der Waals surface area contributed by atoms with E-state index in [1.165, 1.54) is 32.0 Å². The molecule has 0 amide bonds. The molecule has 1 aromatic carbocycles. The summed E-state index contributed by atoms with van der Waals surface area (Å²) < 4.78 is 9.92. The van der Waals surface area contributed by atoms with Crippen molar-refractivity contribution >= 4 is 5.97 Å². The molecule has 6 nitrogen and oxygen atoms in total. The van der Waals surface area contributed by atoms with Crippen molar-refractivity contribution < 1.29 is 29.6 Å². The summed E-state index contributed by atoms with van der Waals surface area (Å²) in [5.74, 6) is -0.859. The zero-order chi connectivity index (χ0) is 13.0. The van der Waals surface area contributed by atoms with Gasteiger partial charge in [0.05, 0.1) is 5.56 Å². The zero-order valence-electron chi connectivity index (χ0n) is 9.45. The van der Waals surface area contributed by atoms with E-state index >= 15 is 0 Å². The number of carboxylic acids is 1. The summed E-state index contributed by atoms with van der Waals surface area (Å²) in [7, 11) is 0. The van der Waals surface area contributed by atoms with Gasteiger partial charge in [-0.2, -0.15) is 0 Å². The fraction of sp³-hybridized carbons (Fsp3) is 0.364. The van der Waals surface area contributed by atoms with Crippen LogP contribution in [0.15, 0.2) is 18.2 Å². The lowest BCUT2D eigenvalue weighted by Crippen LogP contribution is -2.12. The minimum Gasteiger partial charge on any atom is -0.478 e. The molecule has 2 unspecified atom stereocenters. The summed E-state index contributed by atoms with van der Waals surface area (Å²) in [5, 5.41) is 27.0. The second-order valence-corrected chi connectivity index (χ2v) is 3.43. The molecule has 1 aromatic rings. The van der Waals surface area contributed by atoms with Gasteiger partial charge < -0.3 is 24.8 Å². The van der Waals surface area contributed by atoms with Gasteiger partial charge in [-0.05, 0) is 26.0 Å². The molecule has 0 aromatic heterocycles. The Balaban J connectivity index is 3.04. The number of rotatable bonds is 5. The Bertz CT molecular complexity index is 371. The van der Waals surface area contributed by atoms with Crippen molar-refractivity contribution in [1.82, 2.24) is 0 Å². The molecule has 0 aliphatic rings. The molecule has 0 aliphatic heterocycles. The summed E-state index contributed by atoms with van der Waals surface area (Å²) >= 11 is 0. The molecule has 17 heavy (non-hydrogen) atoms. The quantitative estimate of drug-likeness (QED) is 0.661. The molecule has 6 heteroatoms. The van der Waals surface area contributed by atoms with Gasteiger partial charge in [-0.25, -0.2) is 4.79 Å². The monoisotopic (exact) mass is 242 g/mol. The third-order valence-corrected chi connectivity index (χ3v) is 1.74.